The van der Waals surface area contributed by atoms with Gasteiger partial charge in [0.25, 0.3) is 0 Å². The van der Waals surface area contributed by atoms with E-state index >= 15 is 0 Å². The highest BCUT2D eigenvalue weighted by molar-refractivity contribution is 9.10. The van der Waals surface area contributed by atoms with Crippen molar-refractivity contribution in [2.75, 3.05) is 0 Å². The fraction of sp³-hybridized carbons (Fsp3) is 0.545. The summed E-state index contributed by atoms with van der Waals surface area (Å²) in [6.45, 7) is 9.60. The molecule has 6 nitrogen and oxygen atoms in total. The zero-order valence-electron chi connectivity index (χ0n) is 17.7. The lowest BCUT2D eigenvalue weighted by Gasteiger charge is -2.23. The Labute approximate surface area is 194 Å². The van der Waals surface area contributed by atoms with Gasteiger partial charge in [-0.2, -0.15) is 0 Å². The first-order chi connectivity index (χ1) is 14.3. The number of ether oxygens (including phenoxy) is 4. The predicted octanol–water partition coefficient (Wildman–Crippen LogP) is 5.34. The topological polar surface area (TPSA) is 62.7 Å². The summed E-state index contributed by atoms with van der Waals surface area (Å²) in [4.78, 5) is 9.33. The largest absolute Gasteiger partial charge is 0.370 e. The number of pyridine rings is 2. The molecule has 1 aliphatic heterocycles. The van der Waals surface area contributed by atoms with Crippen LogP contribution < -0.4 is 0 Å². The van der Waals surface area contributed by atoms with E-state index in [1.165, 1.54) is 0 Å². The van der Waals surface area contributed by atoms with E-state index in [0.717, 1.165) is 31.7 Å². The maximum atomic E-state index is 6.01. The minimum absolute atomic E-state index is 0.0970. The number of hydrogen-bond donors (Lipinski definition) is 0. The van der Waals surface area contributed by atoms with Crippen LogP contribution in [0.4, 0.5) is 0 Å². The van der Waals surface area contributed by atoms with E-state index in [2.05, 4.69) is 41.8 Å². The van der Waals surface area contributed by atoms with Crippen LogP contribution in [-0.4, -0.2) is 34.4 Å². The van der Waals surface area contributed by atoms with Crippen molar-refractivity contribution in [2.45, 2.75) is 78.5 Å². The Bertz CT molecular complexity index is 722. The molecule has 0 N–H and O–H groups in total. The van der Waals surface area contributed by atoms with Crippen molar-refractivity contribution in [3.63, 3.8) is 0 Å². The predicted molar refractivity (Wildman–Crippen MR) is 121 cm³/mol. The molecule has 0 aromatic carbocycles. The van der Waals surface area contributed by atoms with Gasteiger partial charge in [-0.05, 0) is 52.0 Å². The number of aromatic nitrogens is 2. The van der Waals surface area contributed by atoms with Gasteiger partial charge < -0.3 is 18.9 Å². The van der Waals surface area contributed by atoms with E-state index in [0.29, 0.717) is 26.4 Å². The van der Waals surface area contributed by atoms with Gasteiger partial charge in [-0.25, -0.2) is 0 Å². The molecule has 0 unspecified atom stereocenters. The second-order valence-corrected chi connectivity index (χ2v) is 9.43. The minimum atomic E-state index is -0.0970. The van der Waals surface area contributed by atoms with Crippen molar-refractivity contribution in [1.29, 1.82) is 0 Å². The maximum absolute atomic E-state index is 6.01. The number of hydrogen-bond acceptors (Lipinski definition) is 6. The Kier molecular flexibility index (Phi) is 8.80. The first-order valence-electron chi connectivity index (χ1n) is 10.1. The summed E-state index contributed by atoms with van der Waals surface area (Å²) in [6.07, 6.45) is -0.388. The third kappa shape index (κ3) is 7.07. The van der Waals surface area contributed by atoms with Gasteiger partial charge in [0.15, 0.2) is 0 Å². The molecule has 0 aliphatic carbocycles. The van der Waals surface area contributed by atoms with Gasteiger partial charge >= 0.3 is 0 Å². The van der Waals surface area contributed by atoms with Gasteiger partial charge in [0.1, 0.15) is 0 Å². The van der Waals surface area contributed by atoms with E-state index in [1.54, 1.807) is 0 Å². The van der Waals surface area contributed by atoms with Crippen molar-refractivity contribution in [1.82, 2.24) is 9.97 Å². The molecular weight excluding hydrogens is 516 g/mol. The van der Waals surface area contributed by atoms with Gasteiger partial charge in [-0.3, -0.25) is 9.97 Å². The van der Waals surface area contributed by atoms with E-state index in [9.17, 15) is 0 Å². The fourth-order valence-electron chi connectivity index (χ4n) is 2.92. The molecule has 0 fully saturated rings. The van der Waals surface area contributed by atoms with Crippen LogP contribution in [0.15, 0.2) is 33.2 Å². The molecule has 164 valence electrons. The second-order valence-electron chi connectivity index (χ2n) is 7.60. The molecule has 2 aromatic rings. The molecule has 3 rings (SSSR count). The van der Waals surface area contributed by atoms with Crippen LogP contribution in [-0.2, 0) is 45.4 Å². The Morgan fingerprint density at radius 3 is 1.03 bits per heavy atom. The van der Waals surface area contributed by atoms with Crippen LogP contribution in [0.25, 0.3) is 0 Å². The molecule has 0 spiro atoms. The van der Waals surface area contributed by atoms with E-state index in [4.69, 9.17) is 18.9 Å². The number of rotatable bonds is 0. The van der Waals surface area contributed by atoms with E-state index in [-0.39, 0.29) is 24.4 Å². The third-order valence-corrected chi connectivity index (χ3v) is 6.01. The molecule has 2 aromatic heterocycles. The molecule has 0 amide bonds. The quantitative estimate of drug-likeness (QED) is 0.447. The van der Waals surface area contributed by atoms with Crippen molar-refractivity contribution in [2.24, 2.45) is 0 Å². The summed E-state index contributed by atoms with van der Waals surface area (Å²) in [6, 6.07) is 7.84. The Morgan fingerprint density at radius 1 is 0.567 bits per heavy atom. The van der Waals surface area contributed by atoms with Crippen LogP contribution in [0.2, 0.25) is 0 Å². The second kappa shape index (κ2) is 11.1. The molecule has 1 aliphatic rings. The lowest BCUT2D eigenvalue weighted by atomic mass is 10.2. The zero-order valence-corrected chi connectivity index (χ0v) is 20.9. The summed E-state index contributed by atoms with van der Waals surface area (Å²) in [5.74, 6) is 0. The van der Waals surface area contributed by atoms with E-state index < -0.39 is 0 Å². The molecule has 30 heavy (non-hydrogen) atoms. The summed E-state index contributed by atoms with van der Waals surface area (Å²) in [5, 5.41) is 0. The smallest absolute Gasteiger partial charge is 0.0893 e. The summed E-state index contributed by atoms with van der Waals surface area (Å²) in [7, 11) is 0. The van der Waals surface area contributed by atoms with Gasteiger partial charge in [0.2, 0.25) is 0 Å². The average Bonchev–Trinajstić information content (AvgIpc) is 2.71. The van der Waals surface area contributed by atoms with Crippen molar-refractivity contribution < 1.29 is 18.9 Å². The molecule has 4 bridgehead atoms. The number of fused-ring (bicyclic) bond motifs is 4. The van der Waals surface area contributed by atoms with Gasteiger partial charge in [-0.15, -0.1) is 0 Å². The van der Waals surface area contributed by atoms with E-state index in [1.807, 2.05) is 52.0 Å². The standard InChI is InChI=1S/C22H28Br2N2O4/c1-13-14(2)28-10-20-6-18(24)8-22(26-20)12-30-16(4)15(3)29-11-21-7-17(23)5-19(25-21)9-27-13/h5-8,13-16H,9-12H2,1-4H3/t13-,14-,15-,16-/m1/s1. The highest BCUT2D eigenvalue weighted by Crippen LogP contribution is 2.19. The highest BCUT2D eigenvalue weighted by Gasteiger charge is 2.18. The Hall–Kier alpha value is -0.900. The molecule has 3 heterocycles. The monoisotopic (exact) mass is 542 g/mol. The molecule has 4 atom stereocenters. The van der Waals surface area contributed by atoms with Crippen molar-refractivity contribution in [3.05, 3.63) is 56.0 Å². The third-order valence-electron chi connectivity index (χ3n) is 5.09. The SMILES string of the molecule is C[C@H]1OCc2cc(Br)cc(n2)CO[C@H](C)[C@@H](C)OCc2cc(Br)cc(n2)CO[C@@H]1C. The first kappa shape index (κ1) is 23.8. The molecule has 8 heteroatoms. The normalized spacial score (nSPS) is 26.6. The first-order valence-corrected chi connectivity index (χ1v) is 11.7. The van der Waals surface area contributed by atoms with Crippen LogP contribution in [0, 0.1) is 0 Å². The highest BCUT2D eigenvalue weighted by atomic mass is 79.9. The molecule has 0 saturated carbocycles. The molecule has 0 saturated heterocycles. The Balaban J connectivity index is 1.80. The summed E-state index contributed by atoms with van der Waals surface area (Å²) >= 11 is 7.11. The lowest BCUT2D eigenvalue weighted by molar-refractivity contribution is -0.0736. The molecular formula is C22H28Br2N2O4. The fourth-order valence-corrected chi connectivity index (χ4v) is 3.98. The van der Waals surface area contributed by atoms with Gasteiger partial charge in [-0.1, -0.05) is 31.9 Å². The van der Waals surface area contributed by atoms with Crippen LogP contribution in [0.5, 0.6) is 0 Å². The minimum Gasteiger partial charge on any atom is -0.370 e. The summed E-state index contributed by atoms with van der Waals surface area (Å²) in [5.41, 5.74) is 3.38. The van der Waals surface area contributed by atoms with Gasteiger partial charge in [0, 0.05) is 8.95 Å². The molecule has 0 radical (unpaired) electrons. The van der Waals surface area contributed by atoms with Gasteiger partial charge in [0.05, 0.1) is 73.6 Å². The van der Waals surface area contributed by atoms with Crippen LogP contribution in [0.3, 0.4) is 0 Å². The van der Waals surface area contributed by atoms with Crippen molar-refractivity contribution in [3.8, 4) is 0 Å². The zero-order chi connectivity index (χ0) is 21.7. The number of nitrogens with zero attached hydrogens (tertiary/aromatic N) is 2. The lowest BCUT2D eigenvalue weighted by Crippen LogP contribution is -2.27. The average molecular weight is 544 g/mol. The number of halogens is 2. The summed E-state index contributed by atoms with van der Waals surface area (Å²) < 4.78 is 26.0. The van der Waals surface area contributed by atoms with Crippen molar-refractivity contribution >= 4 is 31.9 Å². The van der Waals surface area contributed by atoms with Crippen LogP contribution in [0.1, 0.15) is 50.5 Å². The van der Waals surface area contributed by atoms with Crippen LogP contribution >= 0.6 is 31.9 Å². The Morgan fingerprint density at radius 2 is 0.800 bits per heavy atom. The maximum Gasteiger partial charge on any atom is 0.0893 e.